The third-order valence-corrected chi connectivity index (χ3v) is 3.51. The molecule has 0 aliphatic heterocycles. The lowest BCUT2D eigenvalue weighted by molar-refractivity contribution is 0.219. The van der Waals surface area contributed by atoms with Crippen molar-refractivity contribution < 1.29 is 19.0 Å². The Labute approximate surface area is 122 Å². The van der Waals surface area contributed by atoms with E-state index >= 15 is 0 Å². The summed E-state index contributed by atoms with van der Waals surface area (Å²) in [4.78, 5) is 0. The first-order valence-corrected chi connectivity index (χ1v) is 6.95. The van der Waals surface area contributed by atoms with E-state index in [-0.39, 0.29) is 5.75 Å². The Morgan fingerprint density at radius 1 is 1.10 bits per heavy atom. The zero-order valence-corrected chi connectivity index (χ0v) is 11.8. The van der Waals surface area contributed by atoms with Gasteiger partial charge in [-0.15, -0.1) is 0 Å². The molecule has 1 atom stereocenters. The van der Waals surface area contributed by atoms with Gasteiger partial charge in [-0.3, -0.25) is 0 Å². The standard InChI is InChI=1S/C17H17FO3/c1-20-16-9-4-12(10-15(16)18)17(19)11-2-5-13(6-3-11)21-14-7-8-14/h2-6,9-10,14,17,19H,7-8H2,1H3. The van der Waals surface area contributed by atoms with E-state index in [9.17, 15) is 9.50 Å². The molecule has 0 heterocycles. The Balaban J connectivity index is 1.77. The SMILES string of the molecule is COc1ccc(C(O)c2ccc(OC3CC3)cc2)cc1F. The van der Waals surface area contributed by atoms with Gasteiger partial charge in [-0.05, 0) is 48.2 Å². The fourth-order valence-corrected chi connectivity index (χ4v) is 2.15. The van der Waals surface area contributed by atoms with Crippen LogP contribution in [0.1, 0.15) is 30.1 Å². The van der Waals surface area contributed by atoms with Crippen molar-refractivity contribution in [2.24, 2.45) is 0 Å². The summed E-state index contributed by atoms with van der Waals surface area (Å²) in [6.07, 6.45) is 1.68. The number of hydrogen-bond donors (Lipinski definition) is 1. The summed E-state index contributed by atoms with van der Waals surface area (Å²) in [5.41, 5.74) is 1.19. The van der Waals surface area contributed by atoms with E-state index in [1.165, 1.54) is 19.2 Å². The van der Waals surface area contributed by atoms with Gasteiger partial charge in [0, 0.05) is 0 Å². The predicted molar refractivity (Wildman–Crippen MR) is 77.1 cm³/mol. The van der Waals surface area contributed by atoms with Crippen LogP contribution in [-0.2, 0) is 0 Å². The summed E-state index contributed by atoms with van der Waals surface area (Å²) in [6, 6.07) is 11.7. The van der Waals surface area contributed by atoms with Gasteiger partial charge in [0.05, 0.1) is 13.2 Å². The second-order valence-corrected chi connectivity index (χ2v) is 5.18. The highest BCUT2D eigenvalue weighted by Crippen LogP contribution is 2.30. The fourth-order valence-electron chi connectivity index (χ4n) is 2.15. The first kappa shape index (κ1) is 13.9. The van der Waals surface area contributed by atoms with Crippen LogP contribution >= 0.6 is 0 Å². The zero-order chi connectivity index (χ0) is 14.8. The highest BCUT2D eigenvalue weighted by molar-refractivity contribution is 5.37. The van der Waals surface area contributed by atoms with Crippen LogP contribution in [0, 0.1) is 5.82 Å². The summed E-state index contributed by atoms with van der Waals surface area (Å²) in [5, 5.41) is 10.3. The Kier molecular flexibility index (Phi) is 3.80. The Hall–Kier alpha value is -2.07. The molecule has 0 amide bonds. The summed E-state index contributed by atoms with van der Waals surface area (Å²) >= 11 is 0. The van der Waals surface area contributed by atoms with Crippen LogP contribution in [0.2, 0.25) is 0 Å². The second-order valence-electron chi connectivity index (χ2n) is 5.18. The molecule has 1 aliphatic rings. The van der Waals surface area contributed by atoms with Crippen molar-refractivity contribution in [3.63, 3.8) is 0 Å². The molecule has 2 aromatic carbocycles. The van der Waals surface area contributed by atoms with E-state index in [2.05, 4.69) is 0 Å². The number of halogens is 1. The lowest BCUT2D eigenvalue weighted by Crippen LogP contribution is -2.02. The van der Waals surface area contributed by atoms with Gasteiger partial charge >= 0.3 is 0 Å². The van der Waals surface area contributed by atoms with Crippen LogP contribution in [0.15, 0.2) is 42.5 Å². The number of hydrogen-bond acceptors (Lipinski definition) is 3. The summed E-state index contributed by atoms with van der Waals surface area (Å²) in [5.74, 6) is 0.483. The number of rotatable bonds is 5. The van der Waals surface area contributed by atoms with E-state index in [0.29, 0.717) is 17.2 Å². The Bertz CT molecular complexity index is 620. The average molecular weight is 288 g/mol. The zero-order valence-electron chi connectivity index (χ0n) is 11.8. The third-order valence-electron chi connectivity index (χ3n) is 3.51. The molecule has 0 aromatic heterocycles. The van der Waals surface area contributed by atoms with Crippen molar-refractivity contribution in [3.05, 3.63) is 59.4 Å². The number of methoxy groups -OCH3 is 1. The molecule has 4 heteroatoms. The molecule has 110 valence electrons. The predicted octanol–water partition coefficient (Wildman–Crippen LogP) is 3.46. The van der Waals surface area contributed by atoms with Crippen LogP contribution in [0.4, 0.5) is 4.39 Å². The summed E-state index contributed by atoms with van der Waals surface area (Å²) in [7, 11) is 1.41. The van der Waals surface area contributed by atoms with E-state index in [1.54, 1.807) is 18.2 Å². The molecule has 0 saturated heterocycles. The molecule has 0 spiro atoms. The molecule has 3 rings (SSSR count). The first-order valence-electron chi connectivity index (χ1n) is 6.95. The van der Waals surface area contributed by atoms with E-state index < -0.39 is 11.9 Å². The molecule has 1 aliphatic carbocycles. The van der Waals surface area contributed by atoms with E-state index in [0.717, 1.165) is 18.6 Å². The van der Waals surface area contributed by atoms with Crippen LogP contribution in [0.25, 0.3) is 0 Å². The molecule has 3 nitrogen and oxygen atoms in total. The second kappa shape index (κ2) is 5.74. The van der Waals surface area contributed by atoms with Crippen LogP contribution in [0.5, 0.6) is 11.5 Å². The maximum atomic E-state index is 13.7. The van der Waals surface area contributed by atoms with Crippen molar-refractivity contribution >= 4 is 0 Å². The Morgan fingerprint density at radius 2 is 1.76 bits per heavy atom. The minimum atomic E-state index is -0.875. The lowest BCUT2D eigenvalue weighted by Gasteiger charge is -2.13. The molecule has 1 unspecified atom stereocenters. The quantitative estimate of drug-likeness (QED) is 0.915. The van der Waals surface area contributed by atoms with Crippen molar-refractivity contribution in [1.29, 1.82) is 0 Å². The van der Waals surface area contributed by atoms with Gasteiger partial charge in [0.25, 0.3) is 0 Å². The van der Waals surface area contributed by atoms with Gasteiger partial charge < -0.3 is 14.6 Å². The average Bonchev–Trinajstić information content (AvgIpc) is 3.31. The van der Waals surface area contributed by atoms with Crippen molar-refractivity contribution in [3.8, 4) is 11.5 Å². The molecule has 1 fully saturated rings. The van der Waals surface area contributed by atoms with E-state index in [4.69, 9.17) is 9.47 Å². The number of ether oxygens (including phenoxy) is 2. The molecule has 0 bridgehead atoms. The fraction of sp³-hybridized carbons (Fsp3) is 0.294. The normalized spacial score (nSPS) is 15.6. The van der Waals surface area contributed by atoms with Gasteiger partial charge in [0.1, 0.15) is 11.9 Å². The molecular formula is C17H17FO3. The van der Waals surface area contributed by atoms with Crippen LogP contribution in [0.3, 0.4) is 0 Å². The van der Waals surface area contributed by atoms with Gasteiger partial charge in [0.15, 0.2) is 11.6 Å². The topological polar surface area (TPSA) is 38.7 Å². The number of benzene rings is 2. The summed E-state index contributed by atoms with van der Waals surface area (Å²) < 4.78 is 24.2. The highest BCUT2D eigenvalue weighted by Gasteiger charge is 2.23. The number of aliphatic hydroxyl groups is 1. The van der Waals surface area contributed by atoms with Crippen molar-refractivity contribution in [2.45, 2.75) is 25.0 Å². The third kappa shape index (κ3) is 3.16. The number of aliphatic hydroxyl groups excluding tert-OH is 1. The molecule has 2 aromatic rings. The van der Waals surface area contributed by atoms with Gasteiger partial charge in [-0.2, -0.15) is 0 Å². The van der Waals surface area contributed by atoms with E-state index in [1.807, 2.05) is 12.1 Å². The summed E-state index contributed by atoms with van der Waals surface area (Å²) in [6.45, 7) is 0. The molecule has 1 N–H and O–H groups in total. The van der Waals surface area contributed by atoms with Gasteiger partial charge in [0.2, 0.25) is 0 Å². The van der Waals surface area contributed by atoms with Crippen LogP contribution < -0.4 is 9.47 Å². The monoisotopic (exact) mass is 288 g/mol. The van der Waals surface area contributed by atoms with Crippen LogP contribution in [-0.4, -0.2) is 18.3 Å². The first-order chi connectivity index (χ1) is 10.2. The molecule has 21 heavy (non-hydrogen) atoms. The molecular weight excluding hydrogens is 271 g/mol. The Morgan fingerprint density at radius 3 is 2.33 bits per heavy atom. The minimum absolute atomic E-state index is 0.166. The van der Waals surface area contributed by atoms with Crippen molar-refractivity contribution in [2.75, 3.05) is 7.11 Å². The highest BCUT2D eigenvalue weighted by atomic mass is 19.1. The largest absolute Gasteiger partial charge is 0.494 e. The molecule has 0 radical (unpaired) electrons. The maximum Gasteiger partial charge on any atom is 0.165 e. The maximum absolute atomic E-state index is 13.7. The minimum Gasteiger partial charge on any atom is -0.494 e. The van der Waals surface area contributed by atoms with Gasteiger partial charge in [-0.25, -0.2) is 4.39 Å². The lowest BCUT2D eigenvalue weighted by atomic mass is 10.0. The smallest absolute Gasteiger partial charge is 0.165 e. The van der Waals surface area contributed by atoms with Crippen molar-refractivity contribution in [1.82, 2.24) is 0 Å². The molecule has 1 saturated carbocycles. The van der Waals surface area contributed by atoms with Gasteiger partial charge in [-0.1, -0.05) is 18.2 Å².